The Morgan fingerprint density at radius 1 is 0.370 bits per heavy atom. The predicted molar refractivity (Wildman–Crippen MR) is 220 cm³/mol. The van der Waals surface area contributed by atoms with Gasteiger partial charge in [-0.15, -0.1) is 0 Å². The minimum absolute atomic E-state index is 0.616. The Hall–Kier alpha value is -7.37. The first-order valence-electron chi connectivity index (χ1n) is 18.1. The molecule has 3 aromatic heterocycles. The van der Waals surface area contributed by atoms with Crippen LogP contribution in [-0.2, 0) is 0 Å². The summed E-state index contributed by atoms with van der Waals surface area (Å²) in [6.45, 7) is 0. The van der Waals surface area contributed by atoms with Crippen molar-refractivity contribution >= 4 is 43.5 Å². The maximum atomic E-state index is 5.97. The van der Waals surface area contributed by atoms with E-state index in [1.807, 2.05) is 18.2 Å². The monoisotopic (exact) mass is 690 g/mol. The molecule has 8 aromatic carbocycles. The van der Waals surface area contributed by atoms with Crippen molar-refractivity contribution in [1.82, 2.24) is 19.5 Å². The van der Waals surface area contributed by atoms with Gasteiger partial charge in [0.2, 0.25) is 0 Å². The highest BCUT2D eigenvalue weighted by atomic mass is 16.3. The summed E-state index contributed by atoms with van der Waals surface area (Å²) in [5, 5.41) is 5.89. The second kappa shape index (κ2) is 12.1. The standard InChI is InChI=1S/C49H30N4O/c1-3-10-31(11-4-1)35-15-7-17-38(28-35)48-50-47(51-49(52-48)39-18-8-16-36(29-39)32-12-5-2-6-13-32)34-20-23-40(24-21-34)53-42-19-9-14-33-22-25-41-45(44(33)42)43(53)30-37-26-27-54-46(37)41/h1-30H. The highest BCUT2D eigenvalue weighted by Gasteiger charge is 2.20. The average Bonchev–Trinajstić information content (AvgIpc) is 3.87. The Kier molecular flexibility index (Phi) is 6.79. The first-order valence-corrected chi connectivity index (χ1v) is 18.1. The topological polar surface area (TPSA) is 56.7 Å². The van der Waals surface area contributed by atoms with E-state index < -0.39 is 0 Å². The van der Waals surface area contributed by atoms with Gasteiger partial charge in [0, 0.05) is 43.9 Å². The van der Waals surface area contributed by atoms with Gasteiger partial charge < -0.3 is 8.98 Å². The Morgan fingerprint density at radius 2 is 0.944 bits per heavy atom. The summed E-state index contributed by atoms with van der Waals surface area (Å²) in [5.74, 6) is 1.87. The van der Waals surface area contributed by atoms with Crippen molar-refractivity contribution in [3.8, 4) is 62.1 Å². The SMILES string of the molecule is c1ccc(-c2cccc(-c3nc(-c4ccc(-n5c6cccc7ccc8c9occc9cc5c8c76)cc4)nc(-c4cccc(-c5ccccc5)c4)n3)c2)cc1. The molecule has 0 atom stereocenters. The number of nitrogens with zero attached hydrogens (tertiary/aromatic N) is 4. The van der Waals surface area contributed by atoms with Gasteiger partial charge >= 0.3 is 0 Å². The Morgan fingerprint density at radius 3 is 1.59 bits per heavy atom. The molecule has 0 aliphatic carbocycles. The number of hydrogen-bond donors (Lipinski definition) is 0. The fourth-order valence-electron chi connectivity index (χ4n) is 7.92. The second-order valence-electron chi connectivity index (χ2n) is 13.7. The average molecular weight is 691 g/mol. The van der Waals surface area contributed by atoms with Crippen LogP contribution >= 0.6 is 0 Å². The molecule has 11 aromatic rings. The summed E-state index contributed by atoms with van der Waals surface area (Å²) in [7, 11) is 0. The molecule has 5 heteroatoms. The summed E-state index contributed by atoms with van der Waals surface area (Å²) >= 11 is 0. The van der Waals surface area contributed by atoms with Crippen LogP contribution in [0.1, 0.15) is 0 Å². The van der Waals surface area contributed by atoms with Gasteiger partial charge in [0.15, 0.2) is 17.5 Å². The van der Waals surface area contributed by atoms with E-state index in [0.717, 1.165) is 72.0 Å². The molecule has 0 unspecified atom stereocenters. The lowest BCUT2D eigenvalue weighted by atomic mass is 10.0. The van der Waals surface area contributed by atoms with Crippen molar-refractivity contribution in [2.24, 2.45) is 0 Å². The smallest absolute Gasteiger partial charge is 0.164 e. The molecular formula is C49H30N4O. The minimum atomic E-state index is 0.616. The van der Waals surface area contributed by atoms with Crippen LogP contribution in [0, 0.1) is 0 Å². The lowest BCUT2D eigenvalue weighted by molar-refractivity contribution is 0.619. The minimum Gasteiger partial charge on any atom is -0.464 e. The molecule has 0 saturated heterocycles. The van der Waals surface area contributed by atoms with Gasteiger partial charge in [-0.3, -0.25) is 0 Å². The molecule has 11 rings (SSSR count). The summed E-state index contributed by atoms with van der Waals surface area (Å²) in [6.07, 6.45) is 1.78. The quantitative estimate of drug-likeness (QED) is 0.163. The number of furan rings is 1. The molecule has 0 radical (unpaired) electrons. The molecule has 0 aliphatic rings. The van der Waals surface area contributed by atoms with Crippen molar-refractivity contribution in [2.75, 3.05) is 0 Å². The van der Waals surface area contributed by atoms with Crippen molar-refractivity contribution in [1.29, 1.82) is 0 Å². The van der Waals surface area contributed by atoms with Gasteiger partial charge in [-0.1, -0.05) is 115 Å². The van der Waals surface area contributed by atoms with Crippen LogP contribution in [0.3, 0.4) is 0 Å². The molecule has 54 heavy (non-hydrogen) atoms. The van der Waals surface area contributed by atoms with Crippen LogP contribution in [0.25, 0.3) is 106 Å². The molecule has 0 bridgehead atoms. The molecule has 0 N–H and O–H groups in total. The van der Waals surface area contributed by atoms with Crippen molar-refractivity contribution in [2.45, 2.75) is 0 Å². The van der Waals surface area contributed by atoms with Crippen LogP contribution in [0.2, 0.25) is 0 Å². The van der Waals surface area contributed by atoms with E-state index in [9.17, 15) is 0 Å². The third-order valence-electron chi connectivity index (χ3n) is 10.5. The Bertz CT molecular complexity index is 3040. The highest BCUT2D eigenvalue weighted by molar-refractivity contribution is 6.29. The van der Waals surface area contributed by atoms with Gasteiger partial charge in [0.05, 0.1) is 17.3 Å². The second-order valence-corrected chi connectivity index (χ2v) is 13.7. The van der Waals surface area contributed by atoms with Crippen molar-refractivity contribution < 1.29 is 4.42 Å². The number of rotatable bonds is 6. The molecule has 0 spiro atoms. The molecular weight excluding hydrogens is 661 g/mol. The van der Waals surface area contributed by atoms with Crippen LogP contribution in [0.5, 0.6) is 0 Å². The summed E-state index contributed by atoms with van der Waals surface area (Å²) in [6, 6.07) is 61.4. The van der Waals surface area contributed by atoms with E-state index in [0.29, 0.717) is 17.5 Å². The zero-order valence-electron chi connectivity index (χ0n) is 29.0. The lowest BCUT2D eigenvalue weighted by Gasteiger charge is -2.12. The number of hydrogen-bond acceptors (Lipinski definition) is 4. The van der Waals surface area contributed by atoms with Gasteiger partial charge in [-0.25, -0.2) is 15.0 Å². The number of benzene rings is 8. The number of aromatic nitrogens is 4. The van der Waals surface area contributed by atoms with E-state index in [1.165, 1.54) is 16.2 Å². The molecule has 3 heterocycles. The van der Waals surface area contributed by atoms with Gasteiger partial charge in [-0.05, 0) is 88.3 Å². The molecule has 5 nitrogen and oxygen atoms in total. The third kappa shape index (κ3) is 4.90. The van der Waals surface area contributed by atoms with Crippen LogP contribution in [0.4, 0.5) is 0 Å². The Labute approximate surface area is 310 Å². The van der Waals surface area contributed by atoms with Crippen molar-refractivity contribution in [3.63, 3.8) is 0 Å². The number of fused-ring (bicyclic) bond motifs is 2. The lowest BCUT2D eigenvalue weighted by Crippen LogP contribution is -2.01. The zero-order valence-corrected chi connectivity index (χ0v) is 29.0. The van der Waals surface area contributed by atoms with Gasteiger partial charge in [0.1, 0.15) is 5.58 Å². The normalized spacial score (nSPS) is 11.7. The summed E-state index contributed by atoms with van der Waals surface area (Å²) < 4.78 is 8.32. The van der Waals surface area contributed by atoms with E-state index >= 15 is 0 Å². The molecule has 0 amide bonds. The fraction of sp³-hybridized carbons (Fsp3) is 0. The highest BCUT2D eigenvalue weighted by Crippen LogP contribution is 2.42. The first kappa shape index (κ1) is 30.3. The van der Waals surface area contributed by atoms with Crippen molar-refractivity contribution in [3.05, 3.63) is 182 Å². The predicted octanol–water partition coefficient (Wildman–Crippen LogP) is 12.6. The van der Waals surface area contributed by atoms with Crippen LogP contribution < -0.4 is 0 Å². The molecule has 0 fully saturated rings. The van der Waals surface area contributed by atoms with Gasteiger partial charge in [0.25, 0.3) is 0 Å². The first-order chi connectivity index (χ1) is 26.7. The maximum absolute atomic E-state index is 5.97. The van der Waals surface area contributed by atoms with E-state index in [4.69, 9.17) is 19.4 Å². The molecule has 0 saturated carbocycles. The Balaban J connectivity index is 1.07. The van der Waals surface area contributed by atoms with Crippen LogP contribution in [-0.4, -0.2) is 19.5 Å². The largest absolute Gasteiger partial charge is 0.464 e. The van der Waals surface area contributed by atoms with E-state index in [2.05, 4.69) is 162 Å². The molecule has 252 valence electrons. The van der Waals surface area contributed by atoms with E-state index in [1.54, 1.807) is 6.26 Å². The zero-order chi connectivity index (χ0) is 35.6. The maximum Gasteiger partial charge on any atom is 0.164 e. The van der Waals surface area contributed by atoms with Gasteiger partial charge in [-0.2, -0.15) is 0 Å². The fourth-order valence-corrected chi connectivity index (χ4v) is 7.92. The third-order valence-corrected chi connectivity index (χ3v) is 10.5. The summed E-state index contributed by atoms with van der Waals surface area (Å²) in [4.78, 5) is 15.3. The van der Waals surface area contributed by atoms with Crippen LogP contribution in [0.15, 0.2) is 187 Å². The van der Waals surface area contributed by atoms with E-state index in [-0.39, 0.29) is 0 Å². The summed E-state index contributed by atoms with van der Waals surface area (Å²) in [5.41, 5.74) is 11.6. The molecule has 0 aliphatic heterocycles.